The SMILES string of the molecule is CCCN=CC(C)CC(C)CCC. The lowest BCUT2D eigenvalue weighted by Gasteiger charge is -2.12. The Hall–Kier alpha value is -0.330. The lowest BCUT2D eigenvalue weighted by molar-refractivity contribution is 0.449. The topological polar surface area (TPSA) is 12.4 Å². The van der Waals surface area contributed by atoms with Crippen LogP contribution in [0.4, 0.5) is 0 Å². The first-order valence-corrected chi connectivity index (χ1v) is 5.70. The van der Waals surface area contributed by atoms with Crippen molar-refractivity contribution in [2.24, 2.45) is 16.8 Å². The van der Waals surface area contributed by atoms with Crippen LogP contribution in [0.5, 0.6) is 0 Å². The van der Waals surface area contributed by atoms with Crippen LogP contribution >= 0.6 is 0 Å². The summed E-state index contributed by atoms with van der Waals surface area (Å²) in [5.41, 5.74) is 0. The molecule has 13 heavy (non-hydrogen) atoms. The van der Waals surface area contributed by atoms with Crippen LogP contribution < -0.4 is 0 Å². The third-order valence-electron chi connectivity index (χ3n) is 2.27. The maximum Gasteiger partial charge on any atom is 0.0382 e. The maximum absolute atomic E-state index is 4.38. The second-order valence-electron chi connectivity index (χ2n) is 4.16. The molecule has 0 saturated carbocycles. The Morgan fingerprint density at radius 2 is 1.85 bits per heavy atom. The molecule has 0 aromatic carbocycles. The lowest BCUT2D eigenvalue weighted by Crippen LogP contribution is -2.04. The molecule has 0 aliphatic heterocycles. The van der Waals surface area contributed by atoms with E-state index in [-0.39, 0.29) is 0 Å². The average molecular weight is 183 g/mol. The van der Waals surface area contributed by atoms with Crippen molar-refractivity contribution >= 4 is 6.21 Å². The fourth-order valence-electron chi connectivity index (χ4n) is 1.69. The third-order valence-corrected chi connectivity index (χ3v) is 2.27. The molecule has 0 fully saturated rings. The van der Waals surface area contributed by atoms with Gasteiger partial charge in [0.15, 0.2) is 0 Å². The molecule has 0 rings (SSSR count). The standard InChI is InChI=1S/C12H25N/c1-5-7-11(3)9-12(4)10-13-8-6-2/h10-12H,5-9H2,1-4H3. The highest BCUT2D eigenvalue weighted by Gasteiger charge is 2.05. The molecule has 0 heterocycles. The largest absolute Gasteiger partial charge is 0.297 e. The Kier molecular flexibility index (Phi) is 8.07. The molecule has 2 unspecified atom stereocenters. The van der Waals surface area contributed by atoms with E-state index in [2.05, 4.69) is 38.9 Å². The molecule has 0 N–H and O–H groups in total. The van der Waals surface area contributed by atoms with Gasteiger partial charge in [-0.25, -0.2) is 0 Å². The minimum absolute atomic E-state index is 0.660. The monoisotopic (exact) mass is 183 g/mol. The summed E-state index contributed by atoms with van der Waals surface area (Å²) in [6.07, 6.45) is 7.25. The van der Waals surface area contributed by atoms with Crippen LogP contribution in [-0.4, -0.2) is 12.8 Å². The van der Waals surface area contributed by atoms with Crippen LogP contribution in [0.3, 0.4) is 0 Å². The minimum atomic E-state index is 0.660. The molecule has 0 aromatic rings. The highest BCUT2D eigenvalue weighted by Crippen LogP contribution is 2.15. The first-order valence-electron chi connectivity index (χ1n) is 5.70. The fraction of sp³-hybridized carbons (Fsp3) is 0.917. The summed E-state index contributed by atoms with van der Waals surface area (Å²) in [6.45, 7) is 10.0. The van der Waals surface area contributed by atoms with Crippen LogP contribution in [0.2, 0.25) is 0 Å². The summed E-state index contributed by atoms with van der Waals surface area (Å²) in [5, 5.41) is 0. The fourth-order valence-corrected chi connectivity index (χ4v) is 1.69. The van der Waals surface area contributed by atoms with Crippen molar-refractivity contribution in [3.8, 4) is 0 Å². The quantitative estimate of drug-likeness (QED) is 0.530. The van der Waals surface area contributed by atoms with Crippen molar-refractivity contribution in [2.45, 2.75) is 53.4 Å². The zero-order valence-electron chi connectivity index (χ0n) is 9.71. The molecule has 1 heteroatoms. The van der Waals surface area contributed by atoms with E-state index < -0.39 is 0 Å². The van der Waals surface area contributed by atoms with Crippen molar-refractivity contribution in [1.82, 2.24) is 0 Å². The number of aliphatic imine (C=N–C) groups is 1. The van der Waals surface area contributed by atoms with E-state index in [1.165, 1.54) is 19.3 Å². The Morgan fingerprint density at radius 3 is 2.38 bits per heavy atom. The second-order valence-corrected chi connectivity index (χ2v) is 4.16. The predicted molar refractivity (Wildman–Crippen MR) is 61.5 cm³/mol. The summed E-state index contributed by atoms with van der Waals surface area (Å²) in [5.74, 6) is 1.51. The van der Waals surface area contributed by atoms with Crippen molar-refractivity contribution in [3.63, 3.8) is 0 Å². The van der Waals surface area contributed by atoms with Crippen LogP contribution in [0, 0.1) is 11.8 Å². The Balaban J connectivity index is 3.53. The summed E-state index contributed by atoms with van der Waals surface area (Å²) < 4.78 is 0. The number of rotatable bonds is 7. The van der Waals surface area contributed by atoms with E-state index in [0.717, 1.165) is 18.9 Å². The molecule has 0 aliphatic rings. The number of hydrogen-bond donors (Lipinski definition) is 0. The zero-order valence-corrected chi connectivity index (χ0v) is 9.71. The van der Waals surface area contributed by atoms with Crippen molar-refractivity contribution in [1.29, 1.82) is 0 Å². The van der Waals surface area contributed by atoms with Gasteiger partial charge in [0.2, 0.25) is 0 Å². The molecule has 0 bridgehead atoms. The Labute approximate surface area is 83.6 Å². The number of hydrogen-bond acceptors (Lipinski definition) is 1. The van der Waals surface area contributed by atoms with Gasteiger partial charge in [0, 0.05) is 12.8 Å². The minimum Gasteiger partial charge on any atom is -0.297 e. The molecule has 0 aromatic heterocycles. The molecule has 0 aliphatic carbocycles. The maximum atomic E-state index is 4.38. The van der Waals surface area contributed by atoms with Gasteiger partial charge < -0.3 is 0 Å². The van der Waals surface area contributed by atoms with Crippen molar-refractivity contribution in [3.05, 3.63) is 0 Å². The van der Waals surface area contributed by atoms with Gasteiger partial charge in [-0.15, -0.1) is 0 Å². The highest BCUT2D eigenvalue weighted by molar-refractivity contribution is 5.60. The van der Waals surface area contributed by atoms with Gasteiger partial charge in [0.05, 0.1) is 0 Å². The smallest absolute Gasteiger partial charge is 0.0382 e. The van der Waals surface area contributed by atoms with E-state index in [0.29, 0.717) is 5.92 Å². The van der Waals surface area contributed by atoms with E-state index >= 15 is 0 Å². The van der Waals surface area contributed by atoms with Crippen molar-refractivity contribution < 1.29 is 0 Å². The van der Waals surface area contributed by atoms with E-state index in [1.807, 2.05) is 0 Å². The van der Waals surface area contributed by atoms with Gasteiger partial charge >= 0.3 is 0 Å². The molecule has 2 atom stereocenters. The average Bonchev–Trinajstić information content (AvgIpc) is 2.05. The highest BCUT2D eigenvalue weighted by atomic mass is 14.7. The summed E-state index contributed by atoms with van der Waals surface area (Å²) in [7, 11) is 0. The first-order chi connectivity index (χ1) is 6.20. The summed E-state index contributed by atoms with van der Waals surface area (Å²) in [6, 6.07) is 0. The first kappa shape index (κ1) is 12.7. The molecule has 0 amide bonds. The van der Waals surface area contributed by atoms with Gasteiger partial charge in [-0.3, -0.25) is 4.99 Å². The molecule has 0 saturated heterocycles. The van der Waals surface area contributed by atoms with Gasteiger partial charge in [-0.1, -0.05) is 40.5 Å². The van der Waals surface area contributed by atoms with E-state index in [4.69, 9.17) is 0 Å². The van der Waals surface area contributed by atoms with Gasteiger partial charge in [-0.2, -0.15) is 0 Å². The molecular formula is C12H25N. The van der Waals surface area contributed by atoms with Gasteiger partial charge in [-0.05, 0) is 24.7 Å². The van der Waals surface area contributed by atoms with Gasteiger partial charge in [0.1, 0.15) is 0 Å². The second kappa shape index (κ2) is 8.28. The normalized spacial score (nSPS) is 16.3. The van der Waals surface area contributed by atoms with Crippen LogP contribution in [0.25, 0.3) is 0 Å². The molecule has 78 valence electrons. The summed E-state index contributed by atoms with van der Waals surface area (Å²) in [4.78, 5) is 4.38. The van der Waals surface area contributed by atoms with Crippen LogP contribution in [0.1, 0.15) is 53.4 Å². The van der Waals surface area contributed by atoms with Crippen LogP contribution in [0.15, 0.2) is 4.99 Å². The Bertz CT molecular complexity index is 129. The number of nitrogens with zero attached hydrogens (tertiary/aromatic N) is 1. The zero-order chi connectivity index (χ0) is 10.1. The van der Waals surface area contributed by atoms with Crippen molar-refractivity contribution in [2.75, 3.05) is 6.54 Å². The Morgan fingerprint density at radius 1 is 1.15 bits per heavy atom. The van der Waals surface area contributed by atoms with E-state index in [9.17, 15) is 0 Å². The predicted octanol–water partition coefficient (Wildman–Crippen LogP) is 3.93. The third kappa shape index (κ3) is 8.01. The molecule has 0 spiro atoms. The molecule has 1 nitrogen and oxygen atoms in total. The van der Waals surface area contributed by atoms with E-state index in [1.54, 1.807) is 0 Å². The summed E-state index contributed by atoms with van der Waals surface area (Å²) >= 11 is 0. The lowest BCUT2D eigenvalue weighted by atomic mass is 9.94. The molecule has 0 radical (unpaired) electrons. The van der Waals surface area contributed by atoms with Gasteiger partial charge in [0.25, 0.3) is 0 Å². The molecular weight excluding hydrogens is 158 g/mol. The van der Waals surface area contributed by atoms with Crippen LogP contribution in [-0.2, 0) is 0 Å².